The molecule has 0 bridgehead atoms. The van der Waals surface area contributed by atoms with Crippen LogP contribution in [0.15, 0.2) is 36.4 Å². The molecule has 0 aliphatic carbocycles. The molecule has 2 amide bonds. The van der Waals surface area contributed by atoms with E-state index in [2.05, 4.69) is 10.6 Å². The first kappa shape index (κ1) is 19.9. The summed E-state index contributed by atoms with van der Waals surface area (Å²) >= 11 is 0. The molecule has 156 valence electrons. The van der Waals surface area contributed by atoms with E-state index < -0.39 is 35.7 Å². The number of hydrogen-bond donors (Lipinski definition) is 4. The number of amides is 2. The Morgan fingerprint density at radius 1 is 1.27 bits per heavy atom. The lowest BCUT2D eigenvalue weighted by molar-refractivity contribution is -0.150. The summed E-state index contributed by atoms with van der Waals surface area (Å²) < 4.78 is 32.3. The van der Waals surface area contributed by atoms with Gasteiger partial charge in [0.05, 0.1) is 6.61 Å². The molecule has 8 nitrogen and oxygen atoms in total. The van der Waals surface area contributed by atoms with Crippen LogP contribution in [0.3, 0.4) is 0 Å². The zero-order valence-electron chi connectivity index (χ0n) is 15.6. The first-order valence-corrected chi connectivity index (χ1v) is 9.17. The summed E-state index contributed by atoms with van der Waals surface area (Å²) in [5, 5.41) is 23.5. The molecule has 10 heteroatoms. The fourth-order valence-electron chi connectivity index (χ4n) is 3.48. The van der Waals surface area contributed by atoms with Gasteiger partial charge in [-0.3, -0.25) is 15.0 Å². The monoisotopic (exact) mass is 416 g/mol. The van der Waals surface area contributed by atoms with Crippen molar-refractivity contribution in [3.8, 4) is 0 Å². The lowest BCUT2D eigenvalue weighted by Crippen LogP contribution is -2.55. The molecule has 2 heterocycles. The number of nitrogens with zero attached hydrogens (tertiary/aromatic N) is 1. The SMILES string of the molecule is N=C1NCc2cc(NC(=O)[C@H](O)[C@H]3OCCN(c4cc(F)cc(F)c4)C3=O)ccc21. The second-order valence-electron chi connectivity index (χ2n) is 6.94. The van der Waals surface area contributed by atoms with Crippen LogP contribution < -0.4 is 15.5 Å². The Balaban J connectivity index is 1.48. The molecule has 0 radical (unpaired) electrons. The number of aliphatic hydroxyl groups is 1. The fourth-order valence-corrected chi connectivity index (χ4v) is 3.48. The third-order valence-corrected chi connectivity index (χ3v) is 4.93. The Morgan fingerprint density at radius 2 is 2.00 bits per heavy atom. The van der Waals surface area contributed by atoms with Crippen LogP contribution in [0, 0.1) is 17.0 Å². The van der Waals surface area contributed by atoms with Crippen LogP contribution in [0.2, 0.25) is 0 Å². The fraction of sp³-hybridized carbons (Fsp3) is 0.250. The second-order valence-corrected chi connectivity index (χ2v) is 6.94. The van der Waals surface area contributed by atoms with Crippen LogP contribution in [-0.2, 0) is 20.9 Å². The molecular weight excluding hydrogens is 398 g/mol. The number of morpholine rings is 1. The molecule has 0 spiro atoms. The van der Waals surface area contributed by atoms with Crippen LogP contribution >= 0.6 is 0 Å². The lowest BCUT2D eigenvalue weighted by atomic mass is 10.1. The van der Waals surface area contributed by atoms with E-state index in [9.17, 15) is 23.5 Å². The van der Waals surface area contributed by atoms with E-state index in [1.54, 1.807) is 18.2 Å². The van der Waals surface area contributed by atoms with E-state index in [0.29, 0.717) is 18.3 Å². The average molecular weight is 416 g/mol. The first-order chi connectivity index (χ1) is 14.3. The number of hydrogen-bond acceptors (Lipinski definition) is 5. The highest BCUT2D eigenvalue weighted by Crippen LogP contribution is 2.24. The van der Waals surface area contributed by atoms with Crippen LogP contribution in [0.1, 0.15) is 11.1 Å². The molecule has 0 aromatic heterocycles. The number of anilines is 2. The minimum absolute atomic E-state index is 0.0213. The molecule has 1 saturated heterocycles. The van der Waals surface area contributed by atoms with Gasteiger partial charge < -0.3 is 25.4 Å². The largest absolute Gasteiger partial charge is 0.380 e. The number of rotatable bonds is 4. The summed E-state index contributed by atoms with van der Waals surface area (Å²) in [5.41, 5.74) is 1.91. The molecule has 2 aromatic rings. The van der Waals surface area contributed by atoms with Gasteiger partial charge in [0.1, 0.15) is 17.5 Å². The van der Waals surface area contributed by atoms with Crippen molar-refractivity contribution in [2.24, 2.45) is 0 Å². The van der Waals surface area contributed by atoms with Crippen molar-refractivity contribution in [3.63, 3.8) is 0 Å². The zero-order valence-corrected chi connectivity index (χ0v) is 15.6. The summed E-state index contributed by atoms with van der Waals surface area (Å²) in [6.07, 6.45) is -3.35. The van der Waals surface area contributed by atoms with E-state index in [-0.39, 0.29) is 24.7 Å². The quantitative estimate of drug-likeness (QED) is 0.597. The van der Waals surface area contributed by atoms with Crippen LogP contribution in [-0.4, -0.2) is 48.1 Å². The summed E-state index contributed by atoms with van der Waals surface area (Å²) in [7, 11) is 0. The van der Waals surface area contributed by atoms with Crippen molar-refractivity contribution in [1.82, 2.24) is 5.32 Å². The maximum Gasteiger partial charge on any atom is 0.259 e. The third kappa shape index (κ3) is 3.74. The molecule has 2 aliphatic rings. The number of carbonyl (C=O) groups excluding carboxylic acids is 2. The molecule has 2 aliphatic heterocycles. The van der Waals surface area contributed by atoms with Gasteiger partial charge in [-0.25, -0.2) is 8.78 Å². The Bertz CT molecular complexity index is 1030. The van der Waals surface area contributed by atoms with Crippen LogP contribution in [0.4, 0.5) is 20.2 Å². The summed E-state index contributed by atoms with van der Waals surface area (Å²) in [4.78, 5) is 26.3. The third-order valence-electron chi connectivity index (χ3n) is 4.93. The van der Waals surface area contributed by atoms with Gasteiger partial charge in [0.15, 0.2) is 12.2 Å². The van der Waals surface area contributed by atoms with Crippen molar-refractivity contribution < 1.29 is 28.2 Å². The van der Waals surface area contributed by atoms with E-state index in [0.717, 1.165) is 28.2 Å². The van der Waals surface area contributed by atoms with Crippen LogP contribution in [0.5, 0.6) is 0 Å². The number of halogens is 2. The van der Waals surface area contributed by atoms with E-state index >= 15 is 0 Å². The second kappa shape index (κ2) is 7.81. The Kier molecular flexibility index (Phi) is 5.18. The van der Waals surface area contributed by atoms with Gasteiger partial charge >= 0.3 is 0 Å². The number of aliphatic hydroxyl groups excluding tert-OH is 1. The van der Waals surface area contributed by atoms with E-state index in [1.165, 1.54) is 0 Å². The van der Waals surface area contributed by atoms with Crippen molar-refractivity contribution in [2.45, 2.75) is 18.8 Å². The minimum atomic E-state index is -1.83. The van der Waals surface area contributed by atoms with E-state index in [1.807, 2.05) is 0 Å². The number of amidine groups is 1. The Hall–Kier alpha value is -3.37. The van der Waals surface area contributed by atoms with Gasteiger partial charge in [-0.05, 0) is 35.9 Å². The normalized spacial score (nSPS) is 19.3. The molecular formula is C20H18F2N4O4. The standard InChI is InChI=1S/C20H18F2N4O4/c21-11-6-12(22)8-14(7-11)26-3-4-30-17(20(26)29)16(27)19(28)25-13-1-2-15-10(5-13)9-24-18(15)23/h1-2,5-8,16-17,27H,3-4,9H2,(H2,23,24)(H,25,28)/t16-,17-/m1/s1. The van der Waals surface area contributed by atoms with Crippen molar-refractivity contribution >= 4 is 29.0 Å². The number of nitrogens with one attached hydrogen (secondary N) is 3. The highest BCUT2D eigenvalue weighted by molar-refractivity contribution is 6.04. The smallest absolute Gasteiger partial charge is 0.259 e. The van der Waals surface area contributed by atoms with Crippen molar-refractivity contribution in [1.29, 1.82) is 5.41 Å². The summed E-state index contributed by atoms with van der Waals surface area (Å²) in [5.74, 6) is -3.04. The predicted octanol–water partition coefficient (Wildman–Crippen LogP) is 1.12. The zero-order chi connectivity index (χ0) is 21.4. The van der Waals surface area contributed by atoms with Gasteiger partial charge in [0, 0.05) is 36.1 Å². The summed E-state index contributed by atoms with van der Waals surface area (Å²) in [6, 6.07) is 7.58. The number of fused-ring (bicyclic) bond motifs is 1. The van der Waals surface area contributed by atoms with Gasteiger partial charge in [0.2, 0.25) is 0 Å². The molecule has 2 atom stereocenters. The van der Waals surface area contributed by atoms with E-state index in [4.69, 9.17) is 10.1 Å². The number of ether oxygens (including phenoxy) is 1. The first-order valence-electron chi connectivity index (χ1n) is 9.17. The molecule has 4 N–H and O–H groups in total. The highest BCUT2D eigenvalue weighted by Gasteiger charge is 2.39. The van der Waals surface area contributed by atoms with Gasteiger partial charge in [-0.15, -0.1) is 0 Å². The Morgan fingerprint density at radius 3 is 2.73 bits per heavy atom. The molecule has 4 rings (SSSR count). The molecule has 0 unspecified atom stereocenters. The summed E-state index contributed by atoms with van der Waals surface area (Å²) in [6.45, 7) is 0.450. The molecule has 2 aromatic carbocycles. The maximum atomic E-state index is 13.5. The maximum absolute atomic E-state index is 13.5. The van der Waals surface area contributed by atoms with Gasteiger partial charge in [-0.1, -0.05) is 0 Å². The molecule has 30 heavy (non-hydrogen) atoms. The topological polar surface area (TPSA) is 115 Å². The Labute approximate surface area is 170 Å². The number of carbonyl (C=O) groups is 2. The van der Waals surface area contributed by atoms with Crippen molar-refractivity contribution in [2.75, 3.05) is 23.4 Å². The molecule has 0 saturated carbocycles. The van der Waals surface area contributed by atoms with Gasteiger partial charge in [0.25, 0.3) is 11.8 Å². The lowest BCUT2D eigenvalue weighted by Gasteiger charge is -2.34. The molecule has 1 fully saturated rings. The average Bonchev–Trinajstić information content (AvgIpc) is 3.07. The predicted molar refractivity (Wildman–Crippen MR) is 103 cm³/mol. The van der Waals surface area contributed by atoms with Crippen molar-refractivity contribution in [3.05, 3.63) is 59.2 Å². The number of benzene rings is 2. The van der Waals surface area contributed by atoms with Crippen LogP contribution in [0.25, 0.3) is 0 Å². The minimum Gasteiger partial charge on any atom is -0.380 e. The highest BCUT2D eigenvalue weighted by atomic mass is 19.1. The van der Waals surface area contributed by atoms with Gasteiger partial charge in [-0.2, -0.15) is 0 Å².